The van der Waals surface area contributed by atoms with Crippen LogP contribution in [0.2, 0.25) is 51.4 Å². The number of nitrogens with zero attached hydrogens (tertiary/aromatic N) is 8. The van der Waals surface area contributed by atoms with Crippen LogP contribution >= 0.6 is 0 Å². The molecule has 8 bridgehead atoms. The van der Waals surface area contributed by atoms with Gasteiger partial charge in [-0.1, -0.05) is 183 Å². The molecule has 13 nitrogen and oxygen atoms in total. The number of hydrogen-bond donors (Lipinski definition) is 0. The van der Waals surface area contributed by atoms with Crippen molar-refractivity contribution < 1.29 is 52.5 Å². The van der Waals surface area contributed by atoms with Gasteiger partial charge in [0.2, 0.25) is 22.9 Å². The number of ketones is 1. The van der Waals surface area contributed by atoms with Crippen LogP contribution < -0.4 is 20.7 Å². The predicted molar refractivity (Wildman–Crippen MR) is 396 cm³/mol. The average molecular weight is 1390 g/mol. The maximum Gasteiger partial charge on any atom is 2.00 e. The van der Waals surface area contributed by atoms with E-state index >= 15 is 0 Å². The Morgan fingerprint density at radius 3 is 1.67 bits per heavy atom. The van der Waals surface area contributed by atoms with Crippen molar-refractivity contribution in [3.63, 3.8) is 0 Å². The SMILES string of the molecule is Cc1ccc(-c2c3nc(c(-c4ccc(C(=O)OCC[Si](C)(C)C)cc4)c4ccc(cc5nc(cc6ccc2[n-]6)C(C)(C)C5)[n-]4)C=C3)cc1.Cc1ccc(C2=C3C=CC4=[N+]3[C@@]35n6c(ccc62)C=C2[N+]3=C(C=c3ccc(n35)=C4c3ccc(C(=O)OCC[Si](C)(C)C)cc3)C(=O)C2(C)C)cc1.[Zn+2]. The maximum atomic E-state index is 14.3. The first kappa shape index (κ1) is 65.2. The van der Waals surface area contributed by atoms with E-state index in [4.69, 9.17) is 29.4 Å². The molecule has 0 fully saturated rings. The van der Waals surface area contributed by atoms with Crippen molar-refractivity contribution in [3.8, 4) is 22.3 Å². The number of Topliss-reactive ketones (excluding diaryl/α,β-unsaturated/α-hetero) is 1. The fraction of sp³-hybridized carbons (Fsp3) is 0.241. The van der Waals surface area contributed by atoms with E-state index < -0.39 is 27.5 Å². The molecule has 0 N–H and O–H groups in total. The first-order chi connectivity index (χ1) is 46.8. The Bertz CT molecular complexity index is 5500. The molecule has 0 aliphatic carbocycles. The molecule has 9 aromatic rings. The second-order valence-electron chi connectivity index (χ2n) is 30.7. The smallest absolute Gasteiger partial charge is 0.657 e. The summed E-state index contributed by atoms with van der Waals surface area (Å²) in [5.41, 5.74) is 23.9. The summed E-state index contributed by atoms with van der Waals surface area (Å²) >= 11 is 0. The molecule has 0 radical (unpaired) electrons. The van der Waals surface area contributed by atoms with Crippen LogP contribution in [0.5, 0.6) is 0 Å². The number of carbonyl (C=O) groups is 3. The van der Waals surface area contributed by atoms with Crippen LogP contribution in [-0.2, 0) is 51.5 Å². The van der Waals surface area contributed by atoms with Crippen LogP contribution in [0.3, 0.4) is 0 Å². The van der Waals surface area contributed by atoms with Crippen molar-refractivity contribution in [2.75, 3.05) is 13.2 Å². The third-order valence-corrected chi connectivity index (χ3v) is 23.7. The minimum absolute atomic E-state index is 0. The van der Waals surface area contributed by atoms with Crippen LogP contribution in [-0.4, -0.2) is 86.8 Å². The Hall–Kier alpha value is -9.73. The Kier molecular flexibility index (Phi) is 15.6. The van der Waals surface area contributed by atoms with Crippen molar-refractivity contribution >= 4 is 103 Å². The monoisotopic (exact) mass is 1390 g/mol. The van der Waals surface area contributed by atoms with Crippen LogP contribution in [0.15, 0.2) is 181 Å². The maximum absolute atomic E-state index is 14.3. The van der Waals surface area contributed by atoms with Crippen LogP contribution in [0.1, 0.15) is 105 Å². The summed E-state index contributed by atoms with van der Waals surface area (Å²) in [4.78, 5) is 60.7. The van der Waals surface area contributed by atoms with E-state index in [-0.39, 0.29) is 42.6 Å². The standard InChI is InChI=1S/C42H38N4O3Si.C41H41N4O2Si.Zn/c1-25-7-9-26(10-8-25)37-32-18-16-30-24-36-41(2,3)39(47)35-23-29-15-17-31-38(27-11-13-28(14-12-27)40(48)49-21-22-50(4,5)6)34-20-19-33(37)45(34)42(43(29)31,44(30)32)46(35)36;1-26-7-9-27(10-8-26)38-34-18-16-31(43-34)24-37-41(2,3)25-32(44-37)23-30-15-17-33(42-30)39(36-20-19-35(38)45-36)28-11-13-29(14-12-28)40(46)47-21-22-48(4,5)6;/h7-20,23-24H,21-22H2,1-6H3;7-20,23-24H,21-22,25H2,1-6H3,(H-,42,43,44,45,46);/q+2;-1;+2/p-1/t42-;;/m1../s1. The Morgan fingerprint density at radius 2 is 1.09 bits per heavy atom. The zero-order valence-corrected chi connectivity index (χ0v) is 63.3. The van der Waals surface area contributed by atoms with Gasteiger partial charge in [-0.3, -0.25) is 9.78 Å². The van der Waals surface area contributed by atoms with E-state index in [1.54, 1.807) is 0 Å². The number of fused-ring (bicyclic) bond motifs is 8. The summed E-state index contributed by atoms with van der Waals surface area (Å²) in [5, 5.41) is 2.04. The van der Waals surface area contributed by atoms with Gasteiger partial charge in [0.15, 0.2) is 0 Å². The fourth-order valence-corrected chi connectivity index (χ4v) is 16.4. The van der Waals surface area contributed by atoms with Gasteiger partial charge in [0.1, 0.15) is 5.41 Å². The van der Waals surface area contributed by atoms with Crippen LogP contribution in [0.25, 0.3) is 79.8 Å². The van der Waals surface area contributed by atoms with E-state index in [1.165, 1.54) is 11.1 Å². The van der Waals surface area contributed by atoms with Crippen molar-refractivity contribution in [2.24, 2.45) is 5.41 Å². The summed E-state index contributed by atoms with van der Waals surface area (Å²) in [7, 11) is -2.62. The number of esters is 2. The Morgan fingerprint density at radius 1 is 0.556 bits per heavy atom. The van der Waals surface area contributed by atoms with Gasteiger partial charge in [0, 0.05) is 63.7 Å². The molecular weight excluding hydrogens is 1310 g/mol. The quantitative estimate of drug-likeness (QED) is 0.0664. The summed E-state index contributed by atoms with van der Waals surface area (Å²) in [6.07, 6.45) is 13.7. The van der Waals surface area contributed by atoms with Gasteiger partial charge in [-0.05, 0) is 134 Å². The molecule has 8 aliphatic heterocycles. The molecular formula is C83H78N8O5Si2Zn+2. The van der Waals surface area contributed by atoms with Crippen LogP contribution in [0.4, 0.5) is 0 Å². The normalized spacial score (nSPS) is 17.6. The first-order valence-corrected chi connectivity index (χ1v) is 41.5. The minimum atomic E-state index is -1.31. The second-order valence-corrected chi connectivity index (χ2v) is 41.9. The number of allylic oxidation sites excluding steroid dienone is 3. The summed E-state index contributed by atoms with van der Waals surface area (Å²) in [6.45, 7) is 27.3. The van der Waals surface area contributed by atoms with Gasteiger partial charge in [-0.25, -0.2) is 14.6 Å². The average Bonchev–Trinajstić information content (AvgIpc) is 1.51. The molecule has 0 amide bonds. The number of aromatic nitrogens is 6. The molecule has 0 saturated carbocycles. The molecule has 8 aliphatic rings. The van der Waals surface area contributed by atoms with Crippen molar-refractivity contribution in [3.05, 3.63) is 260 Å². The molecule has 488 valence electrons. The fourth-order valence-electron chi connectivity index (χ4n) is 15.0. The van der Waals surface area contributed by atoms with E-state index in [0.717, 1.165) is 147 Å². The number of aryl methyl sites for hydroxylation is 2. The van der Waals surface area contributed by atoms with Crippen molar-refractivity contribution in [1.29, 1.82) is 0 Å². The zero-order valence-electron chi connectivity index (χ0n) is 58.3. The first-order valence-electron chi connectivity index (χ1n) is 34.0. The van der Waals surface area contributed by atoms with Gasteiger partial charge in [0.25, 0.3) is 5.71 Å². The molecule has 4 aromatic carbocycles. The Balaban J connectivity index is 0.000000160. The molecule has 0 saturated heterocycles. The third kappa shape index (κ3) is 10.9. The van der Waals surface area contributed by atoms with E-state index in [1.807, 2.05) is 66.7 Å². The molecule has 5 aromatic heterocycles. The topological polar surface area (TPSA) is 140 Å². The van der Waals surface area contributed by atoms with Gasteiger partial charge in [-0.2, -0.15) is 9.13 Å². The second kappa shape index (κ2) is 23.7. The molecule has 13 heterocycles. The Labute approximate surface area is 591 Å². The molecule has 1 spiro atoms. The molecule has 17 rings (SSSR count). The molecule has 1 atom stereocenters. The largest absolute Gasteiger partial charge is 2.00 e. The minimum Gasteiger partial charge on any atom is -0.657 e. The molecule has 16 heteroatoms. The van der Waals surface area contributed by atoms with E-state index in [9.17, 15) is 14.4 Å². The summed E-state index contributed by atoms with van der Waals surface area (Å²) in [6, 6.07) is 55.8. The number of rotatable bonds is 12. The number of ether oxygens (including phenoxy) is 2. The van der Waals surface area contributed by atoms with Gasteiger partial charge in [-0.15, -0.1) is 22.1 Å². The third-order valence-electron chi connectivity index (χ3n) is 20.3. The number of carbonyl (C=O) groups excluding carboxylic acids is 3. The van der Waals surface area contributed by atoms with Gasteiger partial charge < -0.3 is 19.4 Å². The van der Waals surface area contributed by atoms with E-state index in [2.05, 4.69) is 227 Å². The van der Waals surface area contributed by atoms with E-state index in [0.29, 0.717) is 30.1 Å². The summed E-state index contributed by atoms with van der Waals surface area (Å²) in [5.74, 6) is -1.36. The predicted octanol–water partition coefficient (Wildman–Crippen LogP) is 14.8. The van der Waals surface area contributed by atoms with Crippen LogP contribution in [0, 0.1) is 19.3 Å². The number of benzene rings is 4. The van der Waals surface area contributed by atoms with Crippen molar-refractivity contribution in [2.45, 2.75) is 111 Å². The summed E-state index contributed by atoms with van der Waals surface area (Å²) < 4.78 is 20.9. The molecule has 99 heavy (non-hydrogen) atoms. The van der Waals surface area contributed by atoms with Crippen molar-refractivity contribution in [1.82, 2.24) is 29.1 Å². The molecule has 0 unspecified atom stereocenters. The number of hydrogen-bond acceptors (Lipinski definition) is 7. The van der Waals surface area contributed by atoms with Gasteiger partial charge >= 0.3 is 37.3 Å². The van der Waals surface area contributed by atoms with Gasteiger partial charge in [0.05, 0.1) is 69.0 Å². The zero-order chi connectivity index (χ0) is 68.1.